The molecule has 1 amide bonds. The summed E-state index contributed by atoms with van der Waals surface area (Å²) in [7, 11) is 0. The van der Waals surface area contributed by atoms with Gasteiger partial charge in [-0.3, -0.25) is 4.79 Å². The first kappa shape index (κ1) is 19.1. The Morgan fingerprint density at radius 2 is 2.00 bits per heavy atom. The summed E-state index contributed by atoms with van der Waals surface area (Å²) in [6.07, 6.45) is 5.76. The van der Waals surface area contributed by atoms with Crippen LogP contribution in [-0.2, 0) is 16.0 Å². The van der Waals surface area contributed by atoms with Crippen molar-refractivity contribution in [2.24, 2.45) is 5.41 Å². The van der Waals surface area contributed by atoms with Crippen LogP contribution in [-0.4, -0.2) is 41.2 Å². The van der Waals surface area contributed by atoms with Crippen LogP contribution in [0.4, 0.5) is 5.95 Å². The highest BCUT2D eigenvalue weighted by molar-refractivity contribution is 5.77. The number of anilines is 1. The summed E-state index contributed by atoms with van der Waals surface area (Å²) in [5.41, 5.74) is 2.15. The minimum Gasteiger partial charge on any atom is -0.372 e. The Morgan fingerprint density at radius 3 is 2.65 bits per heavy atom. The fourth-order valence-corrected chi connectivity index (χ4v) is 3.91. The first-order valence-electron chi connectivity index (χ1n) is 9.77. The van der Waals surface area contributed by atoms with Crippen LogP contribution in [0.5, 0.6) is 0 Å². The van der Waals surface area contributed by atoms with Gasteiger partial charge in [-0.05, 0) is 38.5 Å². The number of hydrogen-bond acceptors (Lipinski definition) is 5. The molecule has 1 aromatic heterocycles. The van der Waals surface area contributed by atoms with Crippen molar-refractivity contribution in [3.63, 3.8) is 0 Å². The van der Waals surface area contributed by atoms with Crippen molar-refractivity contribution in [3.8, 4) is 0 Å². The second-order valence-electron chi connectivity index (χ2n) is 8.98. The lowest BCUT2D eigenvalue weighted by atomic mass is 9.89. The first-order chi connectivity index (χ1) is 12.2. The Labute approximate surface area is 156 Å². The molecule has 1 saturated heterocycles. The molecule has 1 aromatic rings. The highest BCUT2D eigenvalue weighted by Crippen LogP contribution is 2.30. The molecule has 0 spiro atoms. The summed E-state index contributed by atoms with van der Waals surface area (Å²) in [5.74, 6) is 0.891. The van der Waals surface area contributed by atoms with Crippen molar-refractivity contribution in [1.29, 1.82) is 0 Å². The van der Waals surface area contributed by atoms with Crippen LogP contribution in [0.25, 0.3) is 0 Å². The summed E-state index contributed by atoms with van der Waals surface area (Å²) < 4.78 is 5.81. The van der Waals surface area contributed by atoms with Crippen molar-refractivity contribution in [2.45, 2.75) is 78.6 Å². The van der Waals surface area contributed by atoms with Crippen LogP contribution in [0.3, 0.4) is 0 Å². The predicted octanol–water partition coefficient (Wildman–Crippen LogP) is 3.02. The Hall–Kier alpha value is -1.69. The number of rotatable bonds is 3. The van der Waals surface area contributed by atoms with Crippen LogP contribution < -0.4 is 10.2 Å². The number of amides is 1. The zero-order valence-corrected chi connectivity index (χ0v) is 16.7. The maximum Gasteiger partial charge on any atom is 0.225 e. The fraction of sp³-hybridized carbons (Fsp3) is 0.750. The topological polar surface area (TPSA) is 67.4 Å². The molecule has 26 heavy (non-hydrogen) atoms. The van der Waals surface area contributed by atoms with Crippen LogP contribution in [0.15, 0.2) is 6.20 Å². The number of hydrogen-bond donors (Lipinski definition) is 1. The molecule has 2 aliphatic rings. The second-order valence-corrected chi connectivity index (χ2v) is 8.98. The number of nitrogens with zero attached hydrogens (tertiary/aromatic N) is 3. The third-order valence-electron chi connectivity index (χ3n) is 4.90. The number of aromatic nitrogens is 2. The van der Waals surface area contributed by atoms with Crippen molar-refractivity contribution in [1.82, 2.24) is 15.3 Å². The third kappa shape index (κ3) is 4.72. The van der Waals surface area contributed by atoms with Crippen molar-refractivity contribution < 1.29 is 9.53 Å². The number of carbonyl (C=O) groups excluding carboxylic acids is 1. The Morgan fingerprint density at radius 1 is 1.31 bits per heavy atom. The van der Waals surface area contributed by atoms with Gasteiger partial charge in [-0.1, -0.05) is 20.8 Å². The average Bonchev–Trinajstić information content (AvgIpc) is 2.52. The van der Waals surface area contributed by atoms with E-state index < -0.39 is 0 Å². The number of carbonyl (C=O) groups is 1. The van der Waals surface area contributed by atoms with Crippen molar-refractivity contribution in [2.75, 3.05) is 18.0 Å². The van der Waals surface area contributed by atoms with E-state index >= 15 is 0 Å². The van der Waals surface area contributed by atoms with Crippen molar-refractivity contribution in [3.05, 3.63) is 17.5 Å². The third-order valence-corrected chi connectivity index (χ3v) is 4.90. The molecule has 0 aromatic carbocycles. The van der Waals surface area contributed by atoms with E-state index in [2.05, 4.69) is 49.8 Å². The molecule has 2 heterocycles. The van der Waals surface area contributed by atoms with Crippen LogP contribution >= 0.6 is 0 Å². The van der Waals surface area contributed by atoms with E-state index in [1.165, 1.54) is 0 Å². The van der Waals surface area contributed by atoms with E-state index in [1.54, 1.807) is 0 Å². The molecule has 0 radical (unpaired) electrons. The zero-order chi connectivity index (χ0) is 18.9. The van der Waals surface area contributed by atoms with E-state index in [0.29, 0.717) is 6.42 Å². The lowest BCUT2D eigenvalue weighted by Gasteiger charge is -2.36. The van der Waals surface area contributed by atoms with Gasteiger partial charge < -0.3 is 15.0 Å². The summed E-state index contributed by atoms with van der Waals surface area (Å²) in [6, 6.07) is 0.0326. The predicted molar refractivity (Wildman–Crippen MR) is 102 cm³/mol. The molecular formula is C20H32N4O2. The van der Waals surface area contributed by atoms with Gasteiger partial charge in [0.25, 0.3) is 0 Å². The molecule has 3 rings (SSSR count). The molecule has 1 fully saturated rings. The van der Waals surface area contributed by atoms with Crippen LogP contribution in [0, 0.1) is 5.41 Å². The van der Waals surface area contributed by atoms with E-state index in [4.69, 9.17) is 9.72 Å². The highest BCUT2D eigenvalue weighted by atomic mass is 16.5. The Bertz CT molecular complexity index is 646. The summed E-state index contributed by atoms with van der Waals surface area (Å²) in [4.78, 5) is 24.0. The normalized spacial score (nSPS) is 26.3. The maximum atomic E-state index is 12.3. The number of morpholine rings is 1. The van der Waals surface area contributed by atoms with Gasteiger partial charge in [-0.25, -0.2) is 9.97 Å². The number of aryl methyl sites for hydroxylation is 1. The standard InChI is InChI=1S/C20H32N4O2/c1-13-11-24(12-14(2)26-13)19-21-10-15-16(7-6-8-17(15)23-19)22-18(25)9-20(3,4)5/h10,13-14,16H,6-9,11-12H2,1-5H3,(H,22,25)/t13-,14-,16-/m1/s1. The molecule has 6 heteroatoms. The van der Waals surface area contributed by atoms with Gasteiger partial charge in [-0.15, -0.1) is 0 Å². The highest BCUT2D eigenvalue weighted by Gasteiger charge is 2.28. The summed E-state index contributed by atoms with van der Waals surface area (Å²) >= 11 is 0. The van der Waals surface area contributed by atoms with Crippen molar-refractivity contribution >= 4 is 11.9 Å². The van der Waals surface area contributed by atoms with Gasteiger partial charge in [-0.2, -0.15) is 0 Å². The molecule has 0 bridgehead atoms. The fourth-order valence-electron chi connectivity index (χ4n) is 3.91. The average molecular weight is 361 g/mol. The SMILES string of the molecule is C[C@@H]1CN(c2ncc3c(n2)CCC[C@H]3NC(=O)CC(C)(C)C)C[C@@H](C)O1. The minimum atomic E-state index is -0.00828. The number of nitrogens with one attached hydrogen (secondary N) is 1. The second kappa shape index (κ2) is 7.51. The van der Waals surface area contributed by atoms with Gasteiger partial charge in [0, 0.05) is 31.3 Å². The smallest absolute Gasteiger partial charge is 0.225 e. The molecule has 144 valence electrons. The van der Waals surface area contributed by atoms with Gasteiger partial charge in [0.05, 0.1) is 23.9 Å². The van der Waals surface area contributed by atoms with E-state index in [-0.39, 0.29) is 29.6 Å². The number of fused-ring (bicyclic) bond motifs is 1. The van der Waals surface area contributed by atoms with Gasteiger partial charge in [0.15, 0.2) is 0 Å². The lowest BCUT2D eigenvalue weighted by molar-refractivity contribution is -0.123. The summed E-state index contributed by atoms with van der Waals surface area (Å²) in [6.45, 7) is 12.1. The van der Waals surface area contributed by atoms with Crippen LogP contribution in [0.1, 0.15) is 71.2 Å². The zero-order valence-electron chi connectivity index (χ0n) is 16.7. The summed E-state index contributed by atoms with van der Waals surface area (Å²) in [5, 5.41) is 3.19. The van der Waals surface area contributed by atoms with E-state index in [0.717, 1.165) is 49.6 Å². The number of ether oxygens (including phenoxy) is 1. The first-order valence-corrected chi connectivity index (χ1v) is 9.77. The van der Waals surface area contributed by atoms with Gasteiger partial charge >= 0.3 is 0 Å². The molecule has 0 saturated carbocycles. The Balaban J connectivity index is 1.74. The molecule has 1 N–H and O–H groups in total. The molecule has 1 aliphatic heterocycles. The molecule has 1 aliphatic carbocycles. The molecule has 0 unspecified atom stereocenters. The quantitative estimate of drug-likeness (QED) is 0.897. The maximum absolute atomic E-state index is 12.3. The molecule has 6 nitrogen and oxygen atoms in total. The van der Waals surface area contributed by atoms with Crippen LogP contribution in [0.2, 0.25) is 0 Å². The minimum absolute atomic E-state index is 0.00828. The van der Waals surface area contributed by atoms with Gasteiger partial charge in [0.2, 0.25) is 11.9 Å². The largest absolute Gasteiger partial charge is 0.372 e. The van der Waals surface area contributed by atoms with E-state index in [9.17, 15) is 4.79 Å². The molecule has 3 atom stereocenters. The monoisotopic (exact) mass is 360 g/mol. The van der Waals surface area contributed by atoms with E-state index in [1.807, 2.05) is 6.20 Å². The molecular weight excluding hydrogens is 328 g/mol. The Kier molecular flexibility index (Phi) is 5.51. The lowest BCUT2D eigenvalue weighted by Crippen LogP contribution is -2.46. The van der Waals surface area contributed by atoms with Gasteiger partial charge in [0.1, 0.15) is 0 Å².